The molecule has 1 amide bonds. The van der Waals surface area contributed by atoms with Gasteiger partial charge in [0.25, 0.3) is 0 Å². The van der Waals surface area contributed by atoms with Crippen LogP contribution in [-0.2, 0) is 4.79 Å². The summed E-state index contributed by atoms with van der Waals surface area (Å²) in [6.45, 7) is 0. The van der Waals surface area contributed by atoms with Gasteiger partial charge in [-0.15, -0.1) is 0 Å². The molecule has 7 heteroatoms. The Labute approximate surface area is 127 Å². The molecule has 0 saturated heterocycles. The summed E-state index contributed by atoms with van der Waals surface area (Å²) in [5.74, 6) is -0.967. The number of carbonyl (C=O) groups is 1. The molecule has 0 aliphatic heterocycles. The number of nitrogens with two attached hydrogens (primary N) is 1. The van der Waals surface area contributed by atoms with Gasteiger partial charge in [0.1, 0.15) is 11.2 Å². The van der Waals surface area contributed by atoms with Crippen LogP contribution in [-0.4, -0.2) is 17.0 Å². The lowest BCUT2D eigenvalue weighted by atomic mass is 9.72. The van der Waals surface area contributed by atoms with E-state index < -0.39 is 11.2 Å². The number of anilines is 1. The third kappa shape index (κ3) is 3.10. The van der Waals surface area contributed by atoms with Crippen LogP contribution < -0.4 is 11.1 Å². The summed E-state index contributed by atoms with van der Waals surface area (Å²) < 4.78 is 13.0. The normalized spacial score (nSPS) is 18.3. The summed E-state index contributed by atoms with van der Waals surface area (Å²) in [6, 6.07) is 3.71. The number of halogens is 2. The van der Waals surface area contributed by atoms with Crippen molar-refractivity contribution in [1.29, 1.82) is 0 Å². The molecule has 0 bridgehead atoms. The topological polar surface area (TPSA) is 87.7 Å². The van der Waals surface area contributed by atoms with Crippen LogP contribution in [0.25, 0.3) is 0 Å². The van der Waals surface area contributed by atoms with Gasteiger partial charge in [0.2, 0.25) is 5.91 Å². The summed E-state index contributed by atoms with van der Waals surface area (Å²) in [6.07, 6.45) is 3.66. The average molecular weight is 314 g/mol. The molecule has 1 aromatic carbocycles. The van der Waals surface area contributed by atoms with Crippen LogP contribution in [0.5, 0.6) is 0 Å². The number of amidine groups is 1. The Kier molecular flexibility index (Phi) is 4.67. The fraction of sp³-hybridized carbons (Fsp3) is 0.429. The number of oxime groups is 1. The van der Waals surface area contributed by atoms with Crippen molar-refractivity contribution in [3.05, 3.63) is 29.0 Å². The second-order valence-electron chi connectivity index (χ2n) is 5.21. The van der Waals surface area contributed by atoms with Gasteiger partial charge in [0, 0.05) is 0 Å². The first-order chi connectivity index (χ1) is 9.99. The van der Waals surface area contributed by atoms with E-state index in [4.69, 9.17) is 22.5 Å². The van der Waals surface area contributed by atoms with E-state index in [1.807, 2.05) is 0 Å². The van der Waals surface area contributed by atoms with Crippen molar-refractivity contribution in [2.24, 2.45) is 16.3 Å². The Morgan fingerprint density at radius 2 is 2.05 bits per heavy atom. The van der Waals surface area contributed by atoms with Crippen molar-refractivity contribution in [2.45, 2.75) is 32.1 Å². The lowest BCUT2D eigenvalue weighted by Gasteiger charge is -2.34. The summed E-state index contributed by atoms with van der Waals surface area (Å²) in [7, 11) is 0. The Hall–Kier alpha value is -1.82. The van der Waals surface area contributed by atoms with Crippen molar-refractivity contribution in [1.82, 2.24) is 0 Å². The highest BCUT2D eigenvalue weighted by molar-refractivity contribution is 6.34. The first-order valence-electron chi connectivity index (χ1n) is 6.74. The van der Waals surface area contributed by atoms with Crippen molar-refractivity contribution in [3.63, 3.8) is 0 Å². The Morgan fingerprint density at radius 1 is 1.38 bits per heavy atom. The Bertz CT molecular complexity index is 571. The molecular weight excluding hydrogens is 297 g/mol. The highest BCUT2D eigenvalue weighted by Crippen LogP contribution is 2.38. The summed E-state index contributed by atoms with van der Waals surface area (Å²) in [5.41, 5.74) is 5.01. The first kappa shape index (κ1) is 15.6. The summed E-state index contributed by atoms with van der Waals surface area (Å²) in [5, 5.41) is 14.7. The fourth-order valence-electron chi connectivity index (χ4n) is 2.68. The van der Waals surface area contributed by atoms with Gasteiger partial charge in [-0.1, -0.05) is 36.0 Å². The smallest absolute Gasteiger partial charge is 0.238 e. The van der Waals surface area contributed by atoms with Crippen LogP contribution >= 0.6 is 11.6 Å². The van der Waals surface area contributed by atoms with Crippen LogP contribution in [0.2, 0.25) is 5.02 Å². The summed E-state index contributed by atoms with van der Waals surface area (Å²) >= 11 is 5.91. The van der Waals surface area contributed by atoms with Gasteiger partial charge in [-0.2, -0.15) is 0 Å². The number of amides is 1. The molecule has 1 saturated carbocycles. The van der Waals surface area contributed by atoms with Gasteiger partial charge in [0.05, 0.1) is 10.7 Å². The molecule has 0 atom stereocenters. The van der Waals surface area contributed by atoms with E-state index >= 15 is 0 Å². The molecule has 1 aromatic rings. The second kappa shape index (κ2) is 6.30. The standard InChI is InChI=1S/C14H17ClFN3O2/c15-10-8-9(16)4-5-11(10)18-13(20)14(12(17)19-21)6-2-1-3-7-14/h4-5,8,21H,1-3,6-7H2,(H2,17,19)(H,18,20). The minimum atomic E-state index is -1.04. The molecule has 0 spiro atoms. The quantitative estimate of drug-likeness (QED) is 0.347. The second-order valence-corrected chi connectivity index (χ2v) is 5.61. The molecule has 1 fully saturated rings. The van der Waals surface area contributed by atoms with Crippen molar-refractivity contribution < 1.29 is 14.4 Å². The largest absolute Gasteiger partial charge is 0.409 e. The van der Waals surface area contributed by atoms with Crippen LogP contribution in [0.4, 0.5) is 10.1 Å². The van der Waals surface area contributed by atoms with Gasteiger partial charge in [0.15, 0.2) is 5.84 Å². The molecule has 1 aliphatic rings. The number of hydrogen-bond donors (Lipinski definition) is 3. The number of carbonyl (C=O) groups excluding carboxylic acids is 1. The fourth-order valence-corrected chi connectivity index (χ4v) is 2.90. The minimum absolute atomic E-state index is 0.0991. The van der Waals surface area contributed by atoms with Crippen molar-refractivity contribution >= 4 is 29.0 Å². The van der Waals surface area contributed by atoms with Gasteiger partial charge >= 0.3 is 0 Å². The molecule has 0 heterocycles. The highest BCUT2D eigenvalue weighted by atomic mass is 35.5. The van der Waals surface area contributed by atoms with Gasteiger partial charge in [-0.05, 0) is 31.0 Å². The third-order valence-electron chi connectivity index (χ3n) is 3.92. The molecule has 114 valence electrons. The van der Waals surface area contributed by atoms with Crippen molar-refractivity contribution in [2.75, 3.05) is 5.32 Å². The Balaban J connectivity index is 2.27. The van der Waals surface area contributed by atoms with E-state index in [9.17, 15) is 9.18 Å². The van der Waals surface area contributed by atoms with E-state index in [1.54, 1.807) is 0 Å². The average Bonchev–Trinajstić information content (AvgIpc) is 2.49. The maximum absolute atomic E-state index is 13.0. The molecule has 0 unspecified atom stereocenters. The molecule has 0 radical (unpaired) electrons. The maximum Gasteiger partial charge on any atom is 0.238 e. The lowest BCUT2D eigenvalue weighted by Crippen LogP contribution is -2.48. The van der Waals surface area contributed by atoms with Gasteiger partial charge < -0.3 is 16.3 Å². The van der Waals surface area contributed by atoms with Crippen LogP contribution in [0.1, 0.15) is 32.1 Å². The van der Waals surface area contributed by atoms with E-state index in [0.29, 0.717) is 18.5 Å². The molecule has 2 rings (SSSR count). The van der Waals surface area contributed by atoms with Crippen LogP contribution in [0, 0.1) is 11.2 Å². The van der Waals surface area contributed by atoms with E-state index in [2.05, 4.69) is 10.5 Å². The van der Waals surface area contributed by atoms with Gasteiger partial charge in [-0.3, -0.25) is 4.79 Å². The van der Waals surface area contributed by atoms with E-state index in [0.717, 1.165) is 25.3 Å². The Morgan fingerprint density at radius 3 is 2.62 bits per heavy atom. The summed E-state index contributed by atoms with van der Waals surface area (Å²) in [4.78, 5) is 12.6. The van der Waals surface area contributed by atoms with E-state index in [1.165, 1.54) is 12.1 Å². The minimum Gasteiger partial charge on any atom is -0.409 e. The number of nitrogens with one attached hydrogen (secondary N) is 1. The zero-order valence-electron chi connectivity index (χ0n) is 11.4. The first-order valence-corrected chi connectivity index (χ1v) is 7.12. The molecule has 1 aliphatic carbocycles. The molecule has 5 nitrogen and oxygen atoms in total. The lowest BCUT2D eigenvalue weighted by molar-refractivity contribution is -0.123. The molecule has 21 heavy (non-hydrogen) atoms. The van der Waals surface area contributed by atoms with Crippen LogP contribution in [0.15, 0.2) is 23.4 Å². The number of hydrogen-bond acceptors (Lipinski definition) is 3. The van der Waals surface area contributed by atoms with E-state index in [-0.39, 0.29) is 16.8 Å². The number of benzene rings is 1. The molecular formula is C14H17ClFN3O2. The molecule has 0 aromatic heterocycles. The monoisotopic (exact) mass is 313 g/mol. The zero-order valence-corrected chi connectivity index (χ0v) is 12.2. The zero-order chi connectivity index (χ0) is 15.5. The predicted octanol–water partition coefficient (Wildman–Crippen LogP) is 3.11. The number of rotatable bonds is 3. The molecule has 4 N–H and O–H groups in total. The van der Waals surface area contributed by atoms with Crippen LogP contribution in [0.3, 0.4) is 0 Å². The number of nitrogens with zero attached hydrogens (tertiary/aromatic N) is 1. The van der Waals surface area contributed by atoms with Gasteiger partial charge in [-0.25, -0.2) is 4.39 Å². The van der Waals surface area contributed by atoms with Crippen molar-refractivity contribution in [3.8, 4) is 0 Å². The maximum atomic E-state index is 13.0. The predicted molar refractivity (Wildman–Crippen MR) is 79.0 cm³/mol. The SMILES string of the molecule is NC(=NO)C1(C(=O)Nc2ccc(F)cc2Cl)CCCCC1. The highest BCUT2D eigenvalue weighted by Gasteiger charge is 2.44. The third-order valence-corrected chi connectivity index (χ3v) is 4.23.